The molecule has 0 aliphatic carbocycles. The molecule has 1 aromatic rings. The summed E-state index contributed by atoms with van der Waals surface area (Å²) >= 11 is 0. The Labute approximate surface area is 136 Å². The average molecular weight is 318 g/mol. The summed E-state index contributed by atoms with van der Waals surface area (Å²) in [7, 11) is 3.18. The van der Waals surface area contributed by atoms with E-state index in [1.807, 2.05) is 12.1 Å². The van der Waals surface area contributed by atoms with Crippen LogP contribution in [0.15, 0.2) is 30.0 Å². The molecule has 5 heteroatoms. The Morgan fingerprint density at radius 2 is 1.78 bits per heavy atom. The maximum atomic E-state index is 11.5. The van der Waals surface area contributed by atoms with Crippen molar-refractivity contribution in [3.8, 4) is 11.5 Å². The number of benzene rings is 1. The van der Waals surface area contributed by atoms with Crippen LogP contribution < -0.4 is 9.47 Å². The van der Waals surface area contributed by atoms with E-state index in [4.69, 9.17) is 14.2 Å². The Kier molecular flexibility index (Phi) is 8.25. The molecule has 0 bridgehead atoms. The average Bonchev–Trinajstić information content (AvgIpc) is 2.54. The summed E-state index contributed by atoms with van der Waals surface area (Å²) in [6, 6.07) is 5.50. The highest BCUT2D eigenvalue weighted by atomic mass is 16.5. The molecule has 1 aromatic carbocycles. The molecule has 124 valence electrons. The molecular weight excluding hydrogens is 296 g/mol. The summed E-state index contributed by atoms with van der Waals surface area (Å²) in [6.07, 6.45) is 4.19. The SMILES string of the molecule is CCOC(=O)CC(=O)CCC=C=Cc1cc(OC)cc(OC)c1. The number of hydrogen-bond acceptors (Lipinski definition) is 5. The maximum Gasteiger partial charge on any atom is 0.313 e. The number of carbonyl (C=O) groups excluding carboxylic acids is 2. The molecule has 0 spiro atoms. The Balaban J connectivity index is 2.52. The minimum absolute atomic E-state index is 0.135. The van der Waals surface area contributed by atoms with Crippen LogP contribution in [0.2, 0.25) is 0 Å². The second-order valence-electron chi connectivity index (χ2n) is 4.72. The van der Waals surface area contributed by atoms with Crippen LogP contribution >= 0.6 is 0 Å². The molecule has 0 saturated carbocycles. The second-order valence-corrected chi connectivity index (χ2v) is 4.72. The van der Waals surface area contributed by atoms with Gasteiger partial charge in [0, 0.05) is 12.5 Å². The van der Waals surface area contributed by atoms with Gasteiger partial charge in [0.05, 0.1) is 20.8 Å². The standard InChI is InChI=1S/C18H22O5/c1-4-23-18(20)12-15(19)9-7-5-6-8-14-10-16(21-2)13-17(11-14)22-3/h5,8,10-11,13H,4,7,9,12H2,1-3H3. The van der Waals surface area contributed by atoms with E-state index in [9.17, 15) is 9.59 Å². The molecule has 5 nitrogen and oxygen atoms in total. The van der Waals surface area contributed by atoms with Crippen molar-refractivity contribution < 1.29 is 23.8 Å². The minimum atomic E-state index is -0.472. The van der Waals surface area contributed by atoms with Gasteiger partial charge in [0.25, 0.3) is 0 Å². The molecule has 0 aliphatic heterocycles. The third kappa shape index (κ3) is 7.34. The quantitative estimate of drug-likeness (QED) is 0.397. The number of rotatable bonds is 9. The van der Waals surface area contributed by atoms with Gasteiger partial charge in [0.2, 0.25) is 0 Å². The smallest absolute Gasteiger partial charge is 0.313 e. The van der Waals surface area contributed by atoms with E-state index in [0.29, 0.717) is 30.9 Å². The van der Waals surface area contributed by atoms with Gasteiger partial charge in [-0.3, -0.25) is 9.59 Å². The van der Waals surface area contributed by atoms with Crippen molar-refractivity contribution in [2.75, 3.05) is 20.8 Å². The van der Waals surface area contributed by atoms with Crippen LogP contribution in [0.3, 0.4) is 0 Å². The van der Waals surface area contributed by atoms with Crippen LogP contribution in [0.25, 0.3) is 6.08 Å². The fourth-order valence-electron chi connectivity index (χ4n) is 1.85. The molecule has 0 aromatic heterocycles. The van der Waals surface area contributed by atoms with Crippen LogP contribution in [0.4, 0.5) is 0 Å². The molecule has 0 unspecified atom stereocenters. The number of hydrogen-bond donors (Lipinski definition) is 0. The largest absolute Gasteiger partial charge is 0.497 e. The first-order chi connectivity index (χ1) is 11.1. The van der Waals surface area contributed by atoms with Crippen molar-refractivity contribution in [1.29, 1.82) is 0 Å². The fraction of sp³-hybridized carbons (Fsp3) is 0.389. The highest BCUT2D eigenvalue weighted by Gasteiger charge is 2.08. The van der Waals surface area contributed by atoms with Crippen LogP contribution in [-0.4, -0.2) is 32.6 Å². The lowest BCUT2D eigenvalue weighted by Crippen LogP contribution is -2.10. The molecule has 23 heavy (non-hydrogen) atoms. The molecule has 0 fully saturated rings. The van der Waals surface area contributed by atoms with Crippen LogP contribution in [0.1, 0.15) is 31.7 Å². The summed E-state index contributed by atoms with van der Waals surface area (Å²) in [5.74, 6) is 0.786. The van der Waals surface area contributed by atoms with Crippen molar-refractivity contribution >= 4 is 17.8 Å². The minimum Gasteiger partial charge on any atom is -0.497 e. The Hall–Kier alpha value is -2.52. The number of allylic oxidation sites excluding steroid dienone is 1. The first kappa shape index (κ1) is 18.5. The van der Waals surface area contributed by atoms with Crippen LogP contribution in [0, 0.1) is 0 Å². The number of ketones is 1. The zero-order valence-corrected chi connectivity index (χ0v) is 13.8. The van der Waals surface area contributed by atoms with E-state index >= 15 is 0 Å². The molecule has 0 N–H and O–H groups in total. The van der Waals surface area contributed by atoms with Crippen molar-refractivity contribution in [1.82, 2.24) is 0 Å². The molecule has 1 rings (SSSR count). The predicted molar refractivity (Wildman–Crippen MR) is 87.6 cm³/mol. The Bertz CT molecular complexity index is 575. The van der Waals surface area contributed by atoms with Crippen molar-refractivity contribution in [3.63, 3.8) is 0 Å². The van der Waals surface area contributed by atoms with Crippen molar-refractivity contribution in [3.05, 3.63) is 35.6 Å². The molecular formula is C18H22O5. The highest BCUT2D eigenvalue weighted by molar-refractivity contribution is 5.95. The van der Waals surface area contributed by atoms with E-state index in [-0.39, 0.29) is 12.2 Å². The van der Waals surface area contributed by atoms with Gasteiger partial charge in [-0.05, 0) is 43.2 Å². The summed E-state index contributed by atoms with van der Waals surface area (Å²) in [6.45, 7) is 2.00. The summed E-state index contributed by atoms with van der Waals surface area (Å²) in [4.78, 5) is 22.7. The second kappa shape index (κ2) is 10.2. The Morgan fingerprint density at radius 3 is 2.35 bits per heavy atom. The molecule has 0 radical (unpaired) electrons. The number of carbonyl (C=O) groups is 2. The molecule has 0 amide bonds. The monoisotopic (exact) mass is 318 g/mol. The lowest BCUT2D eigenvalue weighted by Gasteiger charge is -2.05. The fourth-order valence-corrected chi connectivity index (χ4v) is 1.85. The zero-order valence-electron chi connectivity index (χ0n) is 13.8. The van der Waals surface area contributed by atoms with Crippen LogP contribution in [-0.2, 0) is 14.3 Å². The maximum absolute atomic E-state index is 11.5. The van der Waals surface area contributed by atoms with Crippen LogP contribution in [0.5, 0.6) is 11.5 Å². The van der Waals surface area contributed by atoms with Crippen molar-refractivity contribution in [2.24, 2.45) is 0 Å². The molecule has 0 saturated heterocycles. The van der Waals surface area contributed by atoms with Gasteiger partial charge in [-0.15, -0.1) is 5.73 Å². The first-order valence-electron chi connectivity index (χ1n) is 7.40. The molecule has 0 heterocycles. The van der Waals surface area contributed by atoms with Gasteiger partial charge in [-0.2, -0.15) is 0 Å². The summed E-state index contributed by atoms with van der Waals surface area (Å²) in [5, 5.41) is 0. The van der Waals surface area contributed by atoms with Gasteiger partial charge in [-0.1, -0.05) is 0 Å². The van der Waals surface area contributed by atoms with E-state index in [0.717, 1.165) is 5.56 Å². The van der Waals surface area contributed by atoms with Gasteiger partial charge in [0.15, 0.2) is 0 Å². The van der Waals surface area contributed by atoms with Gasteiger partial charge >= 0.3 is 5.97 Å². The number of ether oxygens (including phenoxy) is 3. The van der Waals surface area contributed by atoms with Gasteiger partial charge < -0.3 is 14.2 Å². The Morgan fingerprint density at radius 1 is 1.13 bits per heavy atom. The lowest BCUT2D eigenvalue weighted by atomic mass is 10.1. The molecule has 0 aliphatic rings. The van der Waals surface area contributed by atoms with Crippen molar-refractivity contribution in [2.45, 2.75) is 26.2 Å². The highest BCUT2D eigenvalue weighted by Crippen LogP contribution is 2.22. The van der Waals surface area contributed by atoms with Gasteiger partial charge in [-0.25, -0.2) is 0 Å². The third-order valence-electron chi connectivity index (χ3n) is 2.96. The summed E-state index contributed by atoms with van der Waals surface area (Å²) in [5.41, 5.74) is 3.89. The number of Topliss-reactive ketones (excluding diaryl/α,β-unsaturated/α-hetero) is 1. The zero-order chi connectivity index (χ0) is 17.1. The van der Waals surface area contributed by atoms with E-state index in [2.05, 4.69) is 5.73 Å². The normalized spacial score (nSPS) is 9.52. The van der Waals surface area contributed by atoms with Gasteiger partial charge in [0.1, 0.15) is 23.7 Å². The lowest BCUT2D eigenvalue weighted by molar-refractivity contribution is -0.145. The topological polar surface area (TPSA) is 61.8 Å². The first-order valence-corrected chi connectivity index (χ1v) is 7.40. The predicted octanol–water partition coefficient (Wildman–Crippen LogP) is 3.17. The number of esters is 1. The van der Waals surface area contributed by atoms with E-state index < -0.39 is 5.97 Å². The molecule has 0 atom stereocenters. The van der Waals surface area contributed by atoms with E-state index in [1.54, 1.807) is 39.4 Å². The van der Waals surface area contributed by atoms with E-state index in [1.165, 1.54) is 0 Å². The number of methoxy groups -OCH3 is 2. The summed E-state index contributed by atoms with van der Waals surface area (Å²) < 4.78 is 15.1. The third-order valence-corrected chi connectivity index (χ3v) is 2.96.